The average molecular weight is 364 g/mol. The number of nitrogens with one attached hydrogen (secondary N) is 3. The van der Waals surface area contributed by atoms with E-state index in [1.165, 1.54) is 18.4 Å². The number of aromatic nitrogens is 5. The molecular weight excluding hydrogens is 347 g/mol. The van der Waals surface area contributed by atoms with Crippen molar-refractivity contribution < 1.29 is 4.39 Å². The van der Waals surface area contributed by atoms with Crippen LogP contribution in [0.3, 0.4) is 0 Å². The summed E-state index contributed by atoms with van der Waals surface area (Å²) >= 11 is 0. The van der Waals surface area contributed by atoms with Crippen LogP contribution in [-0.4, -0.2) is 37.3 Å². The van der Waals surface area contributed by atoms with Crippen molar-refractivity contribution in [2.45, 2.75) is 19.4 Å². The number of hydrogen-bond acceptors (Lipinski definition) is 7. The van der Waals surface area contributed by atoms with Crippen LogP contribution in [-0.2, 0) is 6.54 Å². The van der Waals surface area contributed by atoms with Crippen LogP contribution >= 0.6 is 0 Å². The maximum atomic E-state index is 14.1. The summed E-state index contributed by atoms with van der Waals surface area (Å²) < 4.78 is 14.1. The molecule has 0 saturated heterocycles. The molecule has 1 aliphatic carbocycles. The fourth-order valence-corrected chi connectivity index (χ4v) is 3.11. The van der Waals surface area contributed by atoms with Gasteiger partial charge in [0.15, 0.2) is 11.6 Å². The van der Waals surface area contributed by atoms with Gasteiger partial charge >= 0.3 is 0 Å². The van der Waals surface area contributed by atoms with Gasteiger partial charge in [-0.3, -0.25) is 9.98 Å². The van der Waals surface area contributed by atoms with E-state index in [0.29, 0.717) is 30.8 Å². The number of anilines is 2. The van der Waals surface area contributed by atoms with Crippen molar-refractivity contribution in [2.75, 3.05) is 17.2 Å². The zero-order valence-corrected chi connectivity index (χ0v) is 14.4. The van der Waals surface area contributed by atoms with Crippen LogP contribution in [0.15, 0.2) is 41.6 Å². The molecule has 0 unspecified atom stereocenters. The van der Waals surface area contributed by atoms with Gasteiger partial charge in [0.1, 0.15) is 5.84 Å². The number of fused-ring (bicyclic) bond motifs is 1. The lowest BCUT2D eigenvalue weighted by molar-refractivity contribution is 0.619. The van der Waals surface area contributed by atoms with Crippen LogP contribution < -0.4 is 10.6 Å². The van der Waals surface area contributed by atoms with E-state index in [1.54, 1.807) is 18.7 Å². The smallest absolute Gasteiger partial charge is 0.225 e. The van der Waals surface area contributed by atoms with E-state index in [2.05, 4.69) is 40.5 Å². The molecule has 4 heterocycles. The van der Waals surface area contributed by atoms with Crippen LogP contribution in [0.1, 0.15) is 18.4 Å². The number of halogens is 1. The highest BCUT2D eigenvalue weighted by atomic mass is 19.1. The van der Waals surface area contributed by atoms with Gasteiger partial charge in [-0.25, -0.2) is 14.4 Å². The molecular formula is C18H17FN8. The lowest BCUT2D eigenvalue weighted by Gasteiger charge is -2.09. The Morgan fingerprint density at radius 2 is 2.11 bits per heavy atom. The average Bonchev–Trinajstić information content (AvgIpc) is 3.23. The van der Waals surface area contributed by atoms with E-state index in [-0.39, 0.29) is 5.82 Å². The molecule has 27 heavy (non-hydrogen) atoms. The molecule has 0 spiro atoms. The fraction of sp³-hybridized carbons (Fsp3) is 0.278. The van der Waals surface area contributed by atoms with Crippen LogP contribution in [0.25, 0.3) is 11.0 Å². The molecule has 0 aromatic carbocycles. The maximum absolute atomic E-state index is 14.1. The van der Waals surface area contributed by atoms with Crippen molar-refractivity contribution in [1.29, 1.82) is 0 Å². The van der Waals surface area contributed by atoms with Gasteiger partial charge in [-0.2, -0.15) is 4.98 Å². The number of imidazole rings is 1. The largest absolute Gasteiger partial charge is 0.350 e. The third-order valence-corrected chi connectivity index (χ3v) is 4.69. The van der Waals surface area contributed by atoms with Crippen molar-refractivity contribution in [3.63, 3.8) is 0 Å². The number of aliphatic imine (C=N–C) groups is 1. The molecule has 3 aromatic heterocycles. The molecule has 0 radical (unpaired) electrons. The highest BCUT2D eigenvalue weighted by Crippen LogP contribution is 2.37. The van der Waals surface area contributed by atoms with Crippen LogP contribution in [0.5, 0.6) is 0 Å². The zero-order valence-electron chi connectivity index (χ0n) is 14.4. The molecule has 8 nitrogen and oxygen atoms in total. The molecule has 5 rings (SSSR count). The standard InChI is InChI=1S/C18H17FN8/c19-13-7-23-18(22-6-12-4-20-8-14-16(12)25-9-24-14)27-17(13)26-15-3-11(5-21-15)10-1-2-10/h3-4,7-10H,1-2,5-6H2,(H,24,25)(H2,21,22,23,26,27). The van der Waals surface area contributed by atoms with Crippen molar-refractivity contribution in [1.82, 2.24) is 24.9 Å². The highest BCUT2D eigenvalue weighted by Gasteiger charge is 2.28. The molecule has 3 N–H and O–H groups in total. The second-order valence-corrected chi connectivity index (χ2v) is 6.66. The fourth-order valence-electron chi connectivity index (χ4n) is 3.11. The molecule has 136 valence electrons. The van der Waals surface area contributed by atoms with E-state index in [1.807, 2.05) is 6.08 Å². The van der Waals surface area contributed by atoms with Gasteiger partial charge < -0.3 is 15.6 Å². The first-order chi connectivity index (χ1) is 13.3. The summed E-state index contributed by atoms with van der Waals surface area (Å²) in [6, 6.07) is 0. The van der Waals surface area contributed by atoms with Crippen molar-refractivity contribution in [2.24, 2.45) is 10.9 Å². The first kappa shape index (κ1) is 15.9. The van der Waals surface area contributed by atoms with Crippen LogP contribution in [0.2, 0.25) is 0 Å². The molecule has 0 atom stereocenters. The monoisotopic (exact) mass is 364 g/mol. The lowest BCUT2D eigenvalue weighted by Crippen LogP contribution is -2.13. The molecule has 1 fully saturated rings. The summed E-state index contributed by atoms with van der Waals surface area (Å²) in [5, 5.41) is 6.06. The number of hydrogen-bond donors (Lipinski definition) is 3. The molecule has 3 aromatic rings. The van der Waals surface area contributed by atoms with Gasteiger partial charge in [0.25, 0.3) is 0 Å². The van der Waals surface area contributed by atoms with E-state index < -0.39 is 5.82 Å². The van der Waals surface area contributed by atoms with Crippen molar-refractivity contribution in [3.05, 3.63) is 47.9 Å². The Morgan fingerprint density at radius 1 is 1.19 bits per heavy atom. The Balaban J connectivity index is 1.31. The Labute approximate surface area is 154 Å². The maximum Gasteiger partial charge on any atom is 0.225 e. The number of pyridine rings is 1. The van der Waals surface area contributed by atoms with Crippen LogP contribution in [0.4, 0.5) is 16.2 Å². The first-order valence-corrected chi connectivity index (χ1v) is 8.80. The first-order valence-electron chi connectivity index (χ1n) is 8.80. The zero-order chi connectivity index (χ0) is 18.2. The van der Waals surface area contributed by atoms with E-state index in [0.717, 1.165) is 22.8 Å². The SMILES string of the molecule is Fc1cnc(NCc2cncc3[nH]cnc23)nc1NC1=NCC(C2CC2)=C1. The topological polar surface area (TPSA) is 104 Å². The van der Waals surface area contributed by atoms with Gasteiger partial charge in [0.05, 0.1) is 36.3 Å². The minimum absolute atomic E-state index is 0.107. The Kier molecular flexibility index (Phi) is 3.77. The number of amidine groups is 1. The minimum Gasteiger partial charge on any atom is -0.350 e. The molecule has 1 aliphatic heterocycles. The van der Waals surface area contributed by atoms with Gasteiger partial charge in [-0.15, -0.1) is 0 Å². The van der Waals surface area contributed by atoms with Gasteiger partial charge in [0, 0.05) is 18.3 Å². The van der Waals surface area contributed by atoms with Crippen molar-refractivity contribution >= 4 is 28.6 Å². The summed E-state index contributed by atoms with van der Waals surface area (Å²) in [6.45, 7) is 1.11. The molecule has 9 heteroatoms. The van der Waals surface area contributed by atoms with Gasteiger partial charge in [-0.05, 0) is 30.4 Å². The quantitative estimate of drug-likeness (QED) is 0.643. The number of H-pyrrole nitrogens is 1. The van der Waals surface area contributed by atoms with Gasteiger partial charge in [0.2, 0.25) is 5.95 Å². The molecule has 1 saturated carbocycles. The minimum atomic E-state index is -0.521. The number of nitrogens with zero attached hydrogens (tertiary/aromatic N) is 5. The second kappa shape index (κ2) is 6.42. The molecule has 2 aliphatic rings. The summed E-state index contributed by atoms with van der Waals surface area (Å²) in [6.07, 6.45) is 10.7. The number of aromatic amines is 1. The van der Waals surface area contributed by atoms with Crippen molar-refractivity contribution in [3.8, 4) is 0 Å². The summed E-state index contributed by atoms with van der Waals surface area (Å²) in [5.41, 5.74) is 3.89. The molecule has 0 amide bonds. The lowest BCUT2D eigenvalue weighted by atomic mass is 10.2. The predicted molar refractivity (Wildman–Crippen MR) is 99.9 cm³/mol. The summed E-state index contributed by atoms with van der Waals surface area (Å²) in [5.74, 6) is 1.20. The van der Waals surface area contributed by atoms with E-state index >= 15 is 0 Å². The van der Waals surface area contributed by atoms with Gasteiger partial charge in [-0.1, -0.05) is 0 Å². The number of rotatable bonds is 5. The molecule has 0 bridgehead atoms. The summed E-state index contributed by atoms with van der Waals surface area (Å²) in [4.78, 5) is 24.1. The third-order valence-electron chi connectivity index (χ3n) is 4.69. The second-order valence-electron chi connectivity index (χ2n) is 6.66. The Morgan fingerprint density at radius 3 is 3.00 bits per heavy atom. The Bertz CT molecular complexity index is 1070. The summed E-state index contributed by atoms with van der Waals surface area (Å²) in [7, 11) is 0. The van der Waals surface area contributed by atoms with E-state index in [4.69, 9.17) is 0 Å². The van der Waals surface area contributed by atoms with E-state index in [9.17, 15) is 4.39 Å². The highest BCUT2D eigenvalue weighted by molar-refractivity contribution is 6.05. The normalized spacial score (nSPS) is 16.3. The Hall–Kier alpha value is -3.36. The van der Waals surface area contributed by atoms with Crippen LogP contribution in [0, 0.1) is 11.7 Å². The third kappa shape index (κ3) is 3.23. The predicted octanol–water partition coefficient (Wildman–Crippen LogP) is 2.66.